The van der Waals surface area contributed by atoms with Crippen LogP contribution in [0.3, 0.4) is 0 Å². The molecule has 3 aromatic rings. The van der Waals surface area contributed by atoms with Crippen molar-refractivity contribution < 1.29 is 9.59 Å². The summed E-state index contributed by atoms with van der Waals surface area (Å²) >= 11 is 0. The maximum Gasteiger partial charge on any atom is 0.292 e. The molecule has 1 saturated carbocycles. The summed E-state index contributed by atoms with van der Waals surface area (Å²) in [6.45, 7) is 6.30. The van der Waals surface area contributed by atoms with Gasteiger partial charge in [-0.05, 0) is 42.0 Å². The summed E-state index contributed by atoms with van der Waals surface area (Å²) < 4.78 is 1.66. The van der Waals surface area contributed by atoms with Gasteiger partial charge in [-0.3, -0.25) is 14.0 Å². The lowest BCUT2D eigenvalue weighted by Gasteiger charge is -2.22. The Morgan fingerprint density at radius 3 is 2.46 bits per heavy atom. The van der Waals surface area contributed by atoms with E-state index >= 15 is 0 Å². The van der Waals surface area contributed by atoms with Gasteiger partial charge in [0, 0.05) is 17.9 Å². The Labute approximate surface area is 164 Å². The maximum atomic E-state index is 13.1. The number of carbonyl (C=O) groups is 2. The van der Waals surface area contributed by atoms with Crippen molar-refractivity contribution >= 4 is 23.0 Å². The quantitative estimate of drug-likeness (QED) is 0.728. The smallest absolute Gasteiger partial charge is 0.292 e. The van der Waals surface area contributed by atoms with Gasteiger partial charge in [0.1, 0.15) is 0 Å². The Bertz CT molecular complexity index is 1060. The highest BCUT2D eigenvalue weighted by atomic mass is 16.2. The molecule has 6 heteroatoms. The molecule has 0 aliphatic heterocycles. The number of amides is 2. The van der Waals surface area contributed by atoms with Gasteiger partial charge in [-0.25, -0.2) is 4.98 Å². The second-order valence-electron chi connectivity index (χ2n) is 8.24. The fourth-order valence-electron chi connectivity index (χ4n) is 3.27. The van der Waals surface area contributed by atoms with Crippen molar-refractivity contribution in [3.8, 4) is 0 Å². The molecule has 0 radical (unpaired) electrons. The molecule has 0 unspecified atom stereocenters. The van der Waals surface area contributed by atoms with Crippen LogP contribution >= 0.6 is 0 Å². The third-order valence-electron chi connectivity index (χ3n) is 4.86. The summed E-state index contributed by atoms with van der Waals surface area (Å²) in [6.07, 6.45) is 3.74. The van der Waals surface area contributed by atoms with E-state index in [1.807, 2.05) is 36.4 Å². The zero-order valence-corrected chi connectivity index (χ0v) is 16.3. The Hall–Kier alpha value is -3.15. The number of benzene rings is 1. The van der Waals surface area contributed by atoms with Crippen molar-refractivity contribution in [3.63, 3.8) is 0 Å². The van der Waals surface area contributed by atoms with Crippen LogP contribution in [-0.2, 0) is 5.41 Å². The standard InChI is InChI=1S/C22H24N4O2/c1-22(2,3)15-8-4-5-9-16(15)24-21(28)19-25-18(20(27)23-14-11-12-14)17-10-6-7-13-26(17)19/h4-10,13-14H,11-12H2,1-3H3,(H,23,27)(H,24,28). The van der Waals surface area contributed by atoms with Gasteiger partial charge in [-0.15, -0.1) is 0 Å². The Morgan fingerprint density at radius 1 is 1.04 bits per heavy atom. The second kappa shape index (κ2) is 6.78. The molecule has 0 bridgehead atoms. The predicted octanol–water partition coefficient (Wildman–Crippen LogP) is 3.78. The Morgan fingerprint density at radius 2 is 1.75 bits per heavy atom. The van der Waals surface area contributed by atoms with Crippen LogP contribution in [0.15, 0.2) is 48.7 Å². The number of rotatable bonds is 4. The summed E-state index contributed by atoms with van der Waals surface area (Å²) in [4.78, 5) is 30.0. The SMILES string of the molecule is CC(C)(C)c1ccccc1NC(=O)c1nc(C(=O)NC2CC2)c2ccccn12. The van der Waals surface area contributed by atoms with Gasteiger partial charge in [0.15, 0.2) is 5.69 Å². The molecule has 1 aliphatic carbocycles. The third-order valence-corrected chi connectivity index (χ3v) is 4.86. The van der Waals surface area contributed by atoms with Crippen LogP contribution in [0, 0.1) is 0 Å². The molecule has 1 aromatic carbocycles. The van der Waals surface area contributed by atoms with Crippen LogP contribution in [0.1, 0.15) is 60.3 Å². The van der Waals surface area contributed by atoms with Crippen molar-refractivity contribution in [1.29, 1.82) is 0 Å². The first-order valence-corrected chi connectivity index (χ1v) is 9.53. The first-order chi connectivity index (χ1) is 13.3. The molecule has 0 saturated heterocycles. The number of nitrogens with zero attached hydrogens (tertiary/aromatic N) is 2. The summed E-state index contributed by atoms with van der Waals surface area (Å²) in [5.41, 5.74) is 2.57. The number of hydrogen-bond donors (Lipinski definition) is 2. The number of pyridine rings is 1. The maximum absolute atomic E-state index is 13.1. The van der Waals surface area contributed by atoms with Gasteiger partial charge in [0.05, 0.1) is 5.52 Å². The molecule has 1 fully saturated rings. The monoisotopic (exact) mass is 376 g/mol. The summed E-state index contributed by atoms with van der Waals surface area (Å²) in [6, 6.07) is 13.4. The topological polar surface area (TPSA) is 75.5 Å². The summed E-state index contributed by atoms with van der Waals surface area (Å²) in [7, 11) is 0. The zero-order valence-electron chi connectivity index (χ0n) is 16.3. The highest BCUT2D eigenvalue weighted by molar-refractivity contribution is 6.06. The molecule has 0 atom stereocenters. The van der Waals surface area contributed by atoms with E-state index in [0.717, 1.165) is 24.1 Å². The summed E-state index contributed by atoms with van der Waals surface area (Å²) in [5, 5.41) is 5.92. The van der Waals surface area contributed by atoms with Crippen molar-refractivity contribution in [2.45, 2.75) is 45.1 Å². The molecule has 0 spiro atoms. The first-order valence-electron chi connectivity index (χ1n) is 9.53. The number of hydrogen-bond acceptors (Lipinski definition) is 3. The van der Waals surface area contributed by atoms with Crippen molar-refractivity contribution in [2.75, 3.05) is 5.32 Å². The highest BCUT2D eigenvalue weighted by Gasteiger charge is 2.28. The number of para-hydroxylation sites is 1. The Balaban J connectivity index is 1.70. The van der Waals surface area contributed by atoms with Crippen LogP contribution in [-0.4, -0.2) is 27.2 Å². The third kappa shape index (κ3) is 3.50. The normalized spacial score (nSPS) is 14.1. The fraction of sp³-hybridized carbons (Fsp3) is 0.318. The number of imidazole rings is 1. The number of aromatic nitrogens is 2. The van der Waals surface area contributed by atoms with Gasteiger partial charge in [0.25, 0.3) is 11.8 Å². The van der Waals surface area contributed by atoms with E-state index in [9.17, 15) is 9.59 Å². The minimum Gasteiger partial charge on any atom is -0.348 e. The first kappa shape index (κ1) is 18.2. The van der Waals surface area contributed by atoms with Crippen molar-refractivity contribution in [1.82, 2.24) is 14.7 Å². The lowest BCUT2D eigenvalue weighted by atomic mass is 9.86. The van der Waals surface area contributed by atoms with E-state index in [1.165, 1.54) is 0 Å². The molecule has 4 rings (SSSR count). The number of anilines is 1. The van der Waals surface area contributed by atoms with Gasteiger partial charge in [0.2, 0.25) is 5.82 Å². The van der Waals surface area contributed by atoms with E-state index in [2.05, 4.69) is 36.4 Å². The lowest BCUT2D eigenvalue weighted by Crippen LogP contribution is -2.26. The molecule has 2 N–H and O–H groups in total. The number of fused-ring (bicyclic) bond motifs is 1. The largest absolute Gasteiger partial charge is 0.348 e. The molecular weight excluding hydrogens is 352 g/mol. The van der Waals surface area contributed by atoms with Crippen LogP contribution in [0.5, 0.6) is 0 Å². The van der Waals surface area contributed by atoms with Gasteiger partial charge in [-0.1, -0.05) is 45.0 Å². The highest BCUT2D eigenvalue weighted by Crippen LogP contribution is 2.29. The fourth-order valence-corrected chi connectivity index (χ4v) is 3.27. The minimum absolute atomic E-state index is 0.117. The van der Waals surface area contributed by atoms with Crippen LogP contribution in [0.2, 0.25) is 0 Å². The molecule has 1 aliphatic rings. The Kier molecular flexibility index (Phi) is 4.41. The molecule has 2 aromatic heterocycles. The molecule has 2 amide bonds. The molecule has 6 nitrogen and oxygen atoms in total. The van der Waals surface area contributed by atoms with Crippen LogP contribution < -0.4 is 10.6 Å². The summed E-state index contributed by atoms with van der Waals surface area (Å²) in [5.74, 6) is -0.385. The lowest BCUT2D eigenvalue weighted by molar-refractivity contribution is 0.0948. The van der Waals surface area contributed by atoms with Gasteiger partial charge >= 0.3 is 0 Å². The van der Waals surface area contributed by atoms with Crippen LogP contribution in [0.25, 0.3) is 5.52 Å². The van der Waals surface area contributed by atoms with Crippen molar-refractivity contribution in [2.24, 2.45) is 0 Å². The van der Waals surface area contributed by atoms with Gasteiger partial charge < -0.3 is 10.6 Å². The molecular formula is C22H24N4O2. The van der Waals surface area contributed by atoms with Crippen molar-refractivity contribution in [3.05, 3.63) is 65.7 Å². The van der Waals surface area contributed by atoms with E-state index in [4.69, 9.17) is 0 Å². The number of nitrogens with one attached hydrogen (secondary N) is 2. The van der Waals surface area contributed by atoms with E-state index in [-0.39, 0.29) is 34.8 Å². The minimum atomic E-state index is -0.344. The predicted molar refractivity (Wildman–Crippen MR) is 109 cm³/mol. The molecule has 28 heavy (non-hydrogen) atoms. The van der Waals surface area contributed by atoms with E-state index in [1.54, 1.807) is 16.7 Å². The second-order valence-corrected chi connectivity index (χ2v) is 8.24. The van der Waals surface area contributed by atoms with E-state index < -0.39 is 0 Å². The average molecular weight is 376 g/mol. The average Bonchev–Trinajstić information content (AvgIpc) is 3.38. The molecule has 144 valence electrons. The molecule has 2 heterocycles. The van der Waals surface area contributed by atoms with Crippen LogP contribution in [0.4, 0.5) is 5.69 Å². The van der Waals surface area contributed by atoms with E-state index in [0.29, 0.717) is 5.52 Å². The van der Waals surface area contributed by atoms with Gasteiger partial charge in [-0.2, -0.15) is 0 Å². The number of carbonyl (C=O) groups excluding carboxylic acids is 2. The zero-order chi connectivity index (χ0) is 19.9.